The molecule has 0 aliphatic carbocycles. The van der Waals surface area contributed by atoms with Crippen LogP contribution in [-0.4, -0.2) is 21.8 Å². The summed E-state index contributed by atoms with van der Waals surface area (Å²) in [6.45, 7) is 1.81. The minimum absolute atomic E-state index is 0.297. The van der Waals surface area contributed by atoms with Crippen molar-refractivity contribution in [1.29, 1.82) is 0 Å². The number of rotatable bonds is 2. The van der Waals surface area contributed by atoms with Gasteiger partial charge in [-0.1, -0.05) is 0 Å². The van der Waals surface area contributed by atoms with E-state index >= 15 is 0 Å². The Balaban J connectivity index is 2.25. The van der Waals surface area contributed by atoms with Gasteiger partial charge in [0.25, 0.3) is 0 Å². The van der Waals surface area contributed by atoms with Gasteiger partial charge >= 0.3 is 86.0 Å². The Morgan fingerprint density at radius 3 is 2.92 bits per heavy atom. The maximum absolute atomic E-state index is 10.3. The Kier molecular flexibility index (Phi) is 4.59. The predicted octanol–water partition coefficient (Wildman–Crippen LogP) is -0.0564. The van der Waals surface area contributed by atoms with Crippen LogP contribution in [0.25, 0.3) is 0 Å². The molecule has 0 bridgehead atoms. The molecule has 0 saturated carbocycles. The van der Waals surface area contributed by atoms with Gasteiger partial charge < -0.3 is 0 Å². The Morgan fingerprint density at radius 1 is 1.67 bits per heavy atom. The zero-order chi connectivity index (χ0) is 8.97. The number of hydrogen-bond donors (Lipinski definition) is 2. The van der Waals surface area contributed by atoms with E-state index in [1.807, 2.05) is 4.41 Å². The Morgan fingerprint density at radius 2 is 2.42 bits per heavy atom. The summed E-state index contributed by atoms with van der Waals surface area (Å²) in [7, 11) is 0. The van der Waals surface area contributed by atoms with Crippen LogP contribution < -0.4 is 9.30 Å². The first kappa shape index (κ1) is 10.5. The Hall–Kier alpha value is 0.448. The minimum atomic E-state index is -3.52. The molecule has 1 saturated heterocycles. The second kappa shape index (κ2) is 5.24. The number of nitrogens with zero attached hydrogens (tertiary/aromatic N) is 1. The zero-order valence-electron chi connectivity index (χ0n) is 6.11. The summed E-state index contributed by atoms with van der Waals surface area (Å²) in [6.07, 6.45) is 1.06. The van der Waals surface area contributed by atoms with Crippen LogP contribution in [-0.2, 0) is 24.3 Å². The number of thiocarbonyl (C=S) groups is 1. The summed E-state index contributed by atoms with van der Waals surface area (Å²) in [5.74, 6) is 0. The van der Waals surface area contributed by atoms with Gasteiger partial charge in [0.15, 0.2) is 0 Å². The second-order valence-corrected chi connectivity index (χ2v) is 5.43. The van der Waals surface area contributed by atoms with Crippen LogP contribution in [0.2, 0.25) is 0 Å². The summed E-state index contributed by atoms with van der Waals surface area (Å²) in [5, 5.41) is 0. The summed E-state index contributed by atoms with van der Waals surface area (Å²) in [5.41, 5.74) is 3.04. The van der Waals surface area contributed by atoms with Crippen molar-refractivity contribution in [2.24, 2.45) is 0 Å². The number of nitrogens with one attached hydrogen (secondary N) is 2. The molecule has 0 aromatic heterocycles. The second-order valence-electron chi connectivity index (χ2n) is 2.08. The van der Waals surface area contributed by atoms with Gasteiger partial charge in [-0.3, -0.25) is 0 Å². The third-order valence-electron chi connectivity index (χ3n) is 1.19. The normalized spacial score (nSPS) is 17.7. The van der Waals surface area contributed by atoms with Gasteiger partial charge in [0, 0.05) is 0 Å². The van der Waals surface area contributed by atoms with Crippen LogP contribution in [0.5, 0.6) is 0 Å². The molecule has 0 spiro atoms. The van der Waals surface area contributed by atoms with Crippen molar-refractivity contribution in [3.63, 3.8) is 0 Å². The van der Waals surface area contributed by atoms with E-state index in [9.17, 15) is 6.80 Å². The molecule has 8 heteroatoms. The SMILES string of the molecule is [O]=[Mo](=[O])[NH]C(=S)SN1CCCN1. The Bertz CT molecular complexity index is 230. The molecular formula is C4H8MoN3O2S2. The summed E-state index contributed by atoms with van der Waals surface area (Å²) in [6, 6.07) is 0. The van der Waals surface area contributed by atoms with Gasteiger partial charge in [0.05, 0.1) is 0 Å². The molecule has 69 valence electrons. The van der Waals surface area contributed by atoms with Crippen molar-refractivity contribution in [1.82, 2.24) is 13.7 Å². The van der Waals surface area contributed by atoms with Crippen LogP contribution in [0, 0.1) is 0 Å². The first-order valence-electron chi connectivity index (χ1n) is 3.27. The third kappa shape index (κ3) is 3.91. The van der Waals surface area contributed by atoms with Gasteiger partial charge in [0.2, 0.25) is 0 Å². The van der Waals surface area contributed by atoms with Crippen molar-refractivity contribution in [2.45, 2.75) is 6.42 Å². The molecule has 0 aromatic carbocycles. The van der Waals surface area contributed by atoms with Gasteiger partial charge in [-0.2, -0.15) is 0 Å². The van der Waals surface area contributed by atoms with E-state index in [0.29, 0.717) is 4.32 Å². The third-order valence-corrected chi connectivity index (χ3v) is 3.91. The van der Waals surface area contributed by atoms with Crippen molar-refractivity contribution in [3.8, 4) is 0 Å². The van der Waals surface area contributed by atoms with E-state index in [1.165, 1.54) is 11.9 Å². The molecule has 1 aliphatic rings. The predicted molar refractivity (Wildman–Crippen MR) is 44.0 cm³/mol. The number of hydrazine groups is 1. The fourth-order valence-corrected chi connectivity index (χ4v) is 3.07. The molecule has 1 aliphatic heterocycles. The van der Waals surface area contributed by atoms with Crippen molar-refractivity contribution < 1.29 is 24.3 Å². The van der Waals surface area contributed by atoms with Crippen molar-refractivity contribution in [2.75, 3.05) is 13.1 Å². The summed E-state index contributed by atoms with van der Waals surface area (Å²) < 4.78 is 24.9. The quantitative estimate of drug-likeness (QED) is 0.420. The molecule has 5 nitrogen and oxygen atoms in total. The van der Waals surface area contributed by atoms with E-state index in [1.54, 1.807) is 0 Å². The van der Waals surface area contributed by atoms with E-state index in [2.05, 4.69) is 9.30 Å². The van der Waals surface area contributed by atoms with Crippen molar-refractivity contribution in [3.05, 3.63) is 0 Å². The molecule has 0 amide bonds. The molecule has 1 fully saturated rings. The Labute approximate surface area is 85.8 Å². The molecule has 2 N–H and O–H groups in total. The zero-order valence-corrected chi connectivity index (χ0v) is 9.75. The van der Waals surface area contributed by atoms with E-state index in [0.717, 1.165) is 19.5 Å². The summed E-state index contributed by atoms with van der Waals surface area (Å²) in [4.78, 5) is 0. The molecule has 0 aromatic rings. The van der Waals surface area contributed by atoms with Gasteiger partial charge in [-0.25, -0.2) is 0 Å². The van der Waals surface area contributed by atoms with Crippen molar-refractivity contribution >= 4 is 28.5 Å². The van der Waals surface area contributed by atoms with Crippen LogP contribution in [0.4, 0.5) is 0 Å². The van der Waals surface area contributed by atoms with E-state index < -0.39 is 17.5 Å². The molecule has 1 heterocycles. The first-order valence-corrected chi connectivity index (χ1v) is 7.10. The topological polar surface area (TPSA) is 61.4 Å². The number of hydrogen-bond acceptors (Lipinski definition) is 6. The van der Waals surface area contributed by atoms with Gasteiger partial charge in [-0.05, 0) is 0 Å². The monoisotopic (exact) mass is 292 g/mol. The first-order chi connectivity index (χ1) is 5.68. The molecule has 0 unspecified atom stereocenters. The molecular weight excluding hydrogens is 282 g/mol. The molecule has 0 radical (unpaired) electrons. The fourth-order valence-electron chi connectivity index (χ4n) is 0.770. The van der Waals surface area contributed by atoms with Crippen LogP contribution >= 0.6 is 24.2 Å². The van der Waals surface area contributed by atoms with Gasteiger partial charge in [0.1, 0.15) is 0 Å². The molecule has 1 rings (SSSR count). The standard InChI is InChI=1S/C4H9N3S2.Mo.2O/c5-4(8)9-7-3-1-2-6-7;;;/h6H,1-3H2,(H2,5,8);;;/q;+1;;/p-1. The average molecular weight is 290 g/mol. The fraction of sp³-hybridized carbons (Fsp3) is 0.750. The average Bonchev–Trinajstić information content (AvgIpc) is 2.37. The van der Waals surface area contributed by atoms with Gasteiger partial charge in [-0.15, -0.1) is 0 Å². The van der Waals surface area contributed by atoms with E-state index in [4.69, 9.17) is 12.2 Å². The van der Waals surface area contributed by atoms with Crippen LogP contribution in [0.1, 0.15) is 6.42 Å². The molecule has 0 atom stereocenters. The van der Waals surface area contributed by atoms with Crippen LogP contribution in [0.3, 0.4) is 0 Å². The van der Waals surface area contributed by atoms with E-state index in [-0.39, 0.29) is 0 Å². The maximum atomic E-state index is 10.3. The molecule has 12 heavy (non-hydrogen) atoms. The summed E-state index contributed by atoms with van der Waals surface area (Å²) >= 11 is 2.48. The van der Waals surface area contributed by atoms with Crippen LogP contribution in [0.15, 0.2) is 0 Å².